The molecule has 0 aliphatic heterocycles. The van der Waals surface area contributed by atoms with Gasteiger partial charge >= 0.3 is 0 Å². The maximum atomic E-state index is 11.9. The van der Waals surface area contributed by atoms with Crippen molar-refractivity contribution in [3.63, 3.8) is 0 Å². The van der Waals surface area contributed by atoms with E-state index in [4.69, 9.17) is 16.9 Å². The lowest BCUT2D eigenvalue weighted by Crippen LogP contribution is -2.13. The summed E-state index contributed by atoms with van der Waals surface area (Å²) in [5.74, 6) is -0.765. The molecule has 1 heterocycles. The predicted octanol–water partition coefficient (Wildman–Crippen LogP) is 2.56. The molecule has 94 valence electrons. The Morgan fingerprint density at radius 2 is 2.21 bits per heavy atom. The smallest absolute Gasteiger partial charge is 0.278 e. The molecule has 1 aromatic carbocycles. The van der Waals surface area contributed by atoms with Crippen molar-refractivity contribution < 1.29 is 9.90 Å². The van der Waals surface area contributed by atoms with Gasteiger partial charge in [-0.25, -0.2) is 4.98 Å². The molecule has 19 heavy (non-hydrogen) atoms. The van der Waals surface area contributed by atoms with Crippen LogP contribution < -0.4 is 5.32 Å². The molecule has 2 N–H and O–H groups in total. The first kappa shape index (κ1) is 12.9. The number of halogens is 1. The third-order valence-corrected chi connectivity index (χ3v) is 2.66. The molecule has 0 saturated heterocycles. The zero-order valence-electron chi connectivity index (χ0n) is 9.59. The van der Waals surface area contributed by atoms with E-state index in [1.165, 1.54) is 30.5 Å². The van der Waals surface area contributed by atoms with Gasteiger partial charge in [-0.15, -0.1) is 0 Å². The summed E-state index contributed by atoms with van der Waals surface area (Å²) in [6.45, 7) is 0. The fourth-order valence-electron chi connectivity index (χ4n) is 1.45. The third kappa shape index (κ3) is 2.81. The highest BCUT2D eigenvalue weighted by Crippen LogP contribution is 2.21. The number of amides is 1. The molecule has 1 amide bonds. The Balaban J connectivity index is 2.23. The number of rotatable bonds is 2. The van der Waals surface area contributed by atoms with Gasteiger partial charge in [-0.1, -0.05) is 11.6 Å². The van der Waals surface area contributed by atoms with Crippen LogP contribution >= 0.6 is 11.6 Å². The molecule has 0 aliphatic rings. The number of carbonyl (C=O) groups is 1. The summed E-state index contributed by atoms with van der Waals surface area (Å²) in [6.07, 6.45) is 1.40. The molecule has 2 rings (SSSR count). The van der Waals surface area contributed by atoms with Crippen LogP contribution in [0.5, 0.6) is 5.75 Å². The summed E-state index contributed by atoms with van der Waals surface area (Å²) < 4.78 is 0. The Morgan fingerprint density at radius 3 is 2.84 bits per heavy atom. The minimum absolute atomic E-state index is 0.0806. The van der Waals surface area contributed by atoms with Crippen LogP contribution in [0.3, 0.4) is 0 Å². The minimum Gasteiger partial charge on any atom is -0.505 e. The summed E-state index contributed by atoms with van der Waals surface area (Å²) in [6, 6.07) is 9.30. The number of aromatic hydroxyl groups is 1. The number of nitriles is 1. The Bertz CT molecular complexity index is 680. The standard InChI is InChI=1S/C13H8ClN3O2/c14-10-6-9(4-3-8(10)7-15)17-13(19)12-11(18)2-1-5-16-12/h1-6,18H,(H,17,19). The van der Waals surface area contributed by atoms with Crippen LogP contribution in [0.25, 0.3) is 0 Å². The molecular weight excluding hydrogens is 266 g/mol. The number of carbonyl (C=O) groups excluding carboxylic acids is 1. The average Bonchev–Trinajstić information content (AvgIpc) is 2.39. The van der Waals surface area contributed by atoms with Gasteiger partial charge in [0.05, 0.1) is 10.6 Å². The molecule has 0 spiro atoms. The topological polar surface area (TPSA) is 86.0 Å². The lowest BCUT2D eigenvalue weighted by molar-refractivity contribution is 0.101. The summed E-state index contributed by atoms with van der Waals surface area (Å²) in [7, 11) is 0. The first-order valence-corrected chi connectivity index (χ1v) is 5.64. The second-order valence-electron chi connectivity index (χ2n) is 3.63. The SMILES string of the molecule is N#Cc1ccc(NC(=O)c2ncccc2O)cc1Cl. The monoisotopic (exact) mass is 273 g/mol. The van der Waals surface area contributed by atoms with Crippen LogP contribution in [0.1, 0.15) is 16.1 Å². The summed E-state index contributed by atoms with van der Waals surface area (Å²) >= 11 is 5.85. The number of hydrogen-bond donors (Lipinski definition) is 2. The van der Waals surface area contributed by atoms with Gasteiger partial charge in [-0.2, -0.15) is 5.26 Å². The quantitative estimate of drug-likeness (QED) is 0.880. The molecule has 1 aromatic heterocycles. The van der Waals surface area contributed by atoms with E-state index in [0.717, 1.165) is 0 Å². The minimum atomic E-state index is -0.557. The molecule has 0 saturated carbocycles. The van der Waals surface area contributed by atoms with Crippen LogP contribution in [0.2, 0.25) is 5.02 Å². The van der Waals surface area contributed by atoms with Gasteiger partial charge in [-0.05, 0) is 30.3 Å². The van der Waals surface area contributed by atoms with Crippen LogP contribution in [-0.4, -0.2) is 16.0 Å². The van der Waals surface area contributed by atoms with Crippen molar-refractivity contribution in [2.24, 2.45) is 0 Å². The number of benzene rings is 1. The van der Waals surface area contributed by atoms with Crippen molar-refractivity contribution in [2.45, 2.75) is 0 Å². The second-order valence-corrected chi connectivity index (χ2v) is 4.04. The largest absolute Gasteiger partial charge is 0.505 e. The molecule has 5 nitrogen and oxygen atoms in total. The van der Waals surface area contributed by atoms with Gasteiger partial charge in [0.15, 0.2) is 5.69 Å². The van der Waals surface area contributed by atoms with Gasteiger partial charge < -0.3 is 10.4 Å². The van der Waals surface area contributed by atoms with E-state index < -0.39 is 5.91 Å². The molecule has 0 unspecified atom stereocenters. The lowest BCUT2D eigenvalue weighted by atomic mass is 10.2. The highest BCUT2D eigenvalue weighted by atomic mass is 35.5. The fourth-order valence-corrected chi connectivity index (χ4v) is 1.67. The zero-order chi connectivity index (χ0) is 13.8. The lowest BCUT2D eigenvalue weighted by Gasteiger charge is -2.06. The van der Waals surface area contributed by atoms with Crippen molar-refractivity contribution in [1.29, 1.82) is 5.26 Å². The van der Waals surface area contributed by atoms with Crippen LogP contribution in [0.15, 0.2) is 36.5 Å². The number of hydrogen-bond acceptors (Lipinski definition) is 4. The number of pyridine rings is 1. The average molecular weight is 274 g/mol. The highest BCUT2D eigenvalue weighted by Gasteiger charge is 2.12. The highest BCUT2D eigenvalue weighted by molar-refractivity contribution is 6.32. The molecule has 0 atom stereocenters. The fraction of sp³-hybridized carbons (Fsp3) is 0. The molecule has 0 fully saturated rings. The van der Waals surface area contributed by atoms with Gasteiger partial charge in [-0.3, -0.25) is 4.79 Å². The second kappa shape index (κ2) is 5.38. The Kier molecular flexibility index (Phi) is 3.64. The molecular formula is C13H8ClN3O2. The maximum absolute atomic E-state index is 11.9. The van der Waals surface area contributed by atoms with E-state index in [-0.39, 0.29) is 16.5 Å². The number of nitrogens with zero attached hydrogens (tertiary/aromatic N) is 2. The third-order valence-electron chi connectivity index (χ3n) is 2.35. The Morgan fingerprint density at radius 1 is 1.42 bits per heavy atom. The molecule has 6 heteroatoms. The zero-order valence-corrected chi connectivity index (χ0v) is 10.3. The predicted molar refractivity (Wildman–Crippen MR) is 70.0 cm³/mol. The van der Waals surface area contributed by atoms with Crippen molar-refractivity contribution in [3.8, 4) is 11.8 Å². The van der Waals surface area contributed by atoms with Crippen molar-refractivity contribution in [1.82, 2.24) is 4.98 Å². The molecule has 0 radical (unpaired) electrons. The molecule has 0 aliphatic carbocycles. The number of anilines is 1. The van der Waals surface area contributed by atoms with Crippen molar-refractivity contribution >= 4 is 23.2 Å². The maximum Gasteiger partial charge on any atom is 0.278 e. The first-order chi connectivity index (χ1) is 9.11. The Labute approximate surface area is 114 Å². The summed E-state index contributed by atoms with van der Waals surface area (Å²) in [5, 5.41) is 21.0. The van der Waals surface area contributed by atoms with Crippen molar-refractivity contribution in [2.75, 3.05) is 5.32 Å². The molecule has 0 bridgehead atoms. The Hall–Kier alpha value is -2.58. The van der Waals surface area contributed by atoms with Crippen molar-refractivity contribution in [3.05, 3.63) is 52.8 Å². The van der Waals surface area contributed by atoms with E-state index >= 15 is 0 Å². The van der Waals surface area contributed by atoms with E-state index in [1.54, 1.807) is 6.07 Å². The number of nitrogens with one attached hydrogen (secondary N) is 1. The summed E-state index contributed by atoms with van der Waals surface area (Å²) in [5.41, 5.74) is 0.655. The summed E-state index contributed by atoms with van der Waals surface area (Å²) in [4.78, 5) is 15.6. The van der Waals surface area contributed by atoms with E-state index in [0.29, 0.717) is 11.3 Å². The van der Waals surface area contributed by atoms with Crippen LogP contribution in [0, 0.1) is 11.3 Å². The van der Waals surface area contributed by atoms with E-state index in [2.05, 4.69) is 10.3 Å². The van der Waals surface area contributed by atoms with Gasteiger partial charge in [0.25, 0.3) is 5.91 Å². The molecule has 2 aromatic rings. The number of aromatic nitrogens is 1. The van der Waals surface area contributed by atoms with E-state index in [1.807, 2.05) is 6.07 Å². The van der Waals surface area contributed by atoms with Gasteiger partial charge in [0.1, 0.15) is 11.8 Å². The van der Waals surface area contributed by atoms with Gasteiger partial charge in [0, 0.05) is 11.9 Å². The van der Waals surface area contributed by atoms with Gasteiger partial charge in [0.2, 0.25) is 0 Å². The van der Waals surface area contributed by atoms with Crippen LogP contribution in [-0.2, 0) is 0 Å². The van der Waals surface area contributed by atoms with Crippen LogP contribution in [0.4, 0.5) is 5.69 Å². The normalized spacial score (nSPS) is 9.68. The van der Waals surface area contributed by atoms with E-state index in [9.17, 15) is 9.90 Å². The first-order valence-electron chi connectivity index (χ1n) is 5.27.